The highest BCUT2D eigenvalue weighted by molar-refractivity contribution is 5.82. The molecule has 4 fully saturated rings. The van der Waals surface area contributed by atoms with Crippen LogP contribution in [0, 0.1) is 29.6 Å². The normalized spacial score (nSPS) is 50.3. The summed E-state index contributed by atoms with van der Waals surface area (Å²) in [5.41, 5.74) is -3.97. The topological polar surface area (TPSA) is 244 Å². The monoisotopic (exact) mass is 901 g/mol. The zero-order valence-corrected chi connectivity index (χ0v) is 39.0. The average Bonchev–Trinajstić information content (AvgIpc) is 3.23. The highest BCUT2D eigenvalue weighted by atomic mass is 16.7. The van der Waals surface area contributed by atoms with Crippen molar-refractivity contribution in [2.45, 2.75) is 222 Å². The third-order valence-electron chi connectivity index (χ3n) is 14.8. The Balaban J connectivity index is 1.49. The van der Waals surface area contributed by atoms with Crippen molar-refractivity contribution in [2.75, 3.05) is 13.7 Å². The SMILES string of the molecule is CC[C@H](O)C[C@@H]1O[C@]2(CC[C@H]1C)C[C@@H]1OC(=O)/C=C/[C@](C)(O)[C@@H](O)[C@H](C)[C@@H](O)[C@@H](O[C@H]3C[C@@H](OC)[C@@H](O)[C@@H](C)O3)[C@H](O)[C@](C)(O)CCC/C=C\[C@H]3C[C@H](C)CO[C@@]3(O)C[C@H](O2)[C@H]1C. The standard InChI is InChI=1S/C47H80O16/c1-10-32(48)21-33-27(3)15-19-46(62-33)23-35-28(4)36(63-46)24-47(56)31(20-26(2)25-58-47)14-12-11-13-17-44(7,54)43(53)41(61-38-22-34(57-9)40(51)30(6)59-38)39(50)29(5)42(52)45(8,55)18-16-37(49)60-35/h12,14,16,18,26-36,38-43,48,50-56H,10-11,13,15,17,19-25H2,1-9H3/b14-12-,18-16+/t26-,27+,28-,29+,30+,31-,32-,33-,34+,35-,36-,38-,39+,40-,41+,42-,43-,44+,45-,46-,47-/m0/s1. The molecule has 0 aromatic rings. The van der Waals surface area contributed by atoms with E-state index in [0.717, 1.165) is 18.6 Å². The molecule has 5 rings (SSSR count). The molecule has 5 heterocycles. The molecule has 5 aliphatic heterocycles. The van der Waals surface area contributed by atoms with Crippen molar-refractivity contribution >= 4 is 5.97 Å². The van der Waals surface area contributed by atoms with Crippen molar-refractivity contribution in [3.05, 3.63) is 24.3 Å². The van der Waals surface area contributed by atoms with Crippen LogP contribution >= 0.6 is 0 Å². The van der Waals surface area contributed by atoms with Crippen LogP contribution in [-0.2, 0) is 38.0 Å². The first-order valence-corrected chi connectivity index (χ1v) is 23.4. The lowest BCUT2D eigenvalue weighted by atomic mass is 9.77. The average molecular weight is 901 g/mol. The number of allylic oxidation sites excluding steroid dienone is 1. The number of methoxy groups -OCH3 is 1. The van der Waals surface area contributed by atoms with Crippen molar-refractivity contribution < 1.29 is 78.8 Å². The van der Waals surface area contributed by atoms with Crippen molar-refractivity contribution in [1.29, 1.82) is 0 Å². The van der Waals surface area contributed by atoms with Gasteiger partial charge in [0.15, 0.2) is 17.9 Å². The van der Waals surface area contributed by atoms with Crippen molar-refractivity contribution in [3.63, 3.8) is 0 Å². The van der Waals surface area contributed by atoms with Gasteiger partial charge in [0.25, 0.3) is 0 Å². The molecule has 0 aromatic carbocycles. The number of hydrogen-bond acceptors (Lipinski definition) is 16. The fourth-order valence-corrected chi connectivity index (χ4v) is 10.1. The largest absolute Gasteiger partial charge is 0.459 e. The van der Waals surface area contributed by atoms with Crippen LogP contribution in [0.4, 0.5) is 0 Å². The molecule has 0 saturated carbocycles. The highest BCUT2D eigenvalue weighted by Gasteiger charge is 2.55. The number of carbonyl (C=O) groups is 1. The molecule has 0 aromatic heterocycles. The predicted molar refractivity (Wildman–Crippen MR) is 229 cm³/mol. The molecular weight excluding hydrogens is 821 g/mol. The van der Waals surface area contributed by atoms with E-state index in [1.807, 2.05) is 32.9 Å². The molecule has 8 N–H and O–H groups in total. The van der Waals surface area contributed by atoms with Gasteiger partial charge in [-0.15, -0.1) is 0 Å². The molecule has 0 unspecified atom stereocenters. The summed E-state index contributed by atoms with van der Waals surface area (Å²) in [5.74, 6) is -5.51. The third kappa shape index (κ3) is 12.7. The maximum atomic E-state index is 13.7. The Labute approximate surface area is 373 Å². The highest BCUT2D eigenvalue weighted by Crippen LogP contribution is 2.48. The van der Waals surface area contributed by atoms with E-state index in [2.05, 4.69) is 6.92 Å². The molecule has 5 aliphatic rings. The first-order chi connectivity index (χ1) is 29.4. The summed E-state index contributed by atoms with van der Waals surface area (Å²) >= 11 is 0. The lowest BCUT2D eigenvalue weighted by Crippen LogP contribution is -2.59. The van der Waals surface area contributed by atoms with Gasteiger partial charge in [0.2, 0.25) is 0 Å². The molecule has 1 spiro atoms. The molecule has 63 heavy (non-hydrogen) atoms. The van der Waals surface area contributed by atoms with E-state index in [0.29, 0.717) is 45.1 Å². The maximum absolute atomic E-state index is 13.7. The number of fused-ring (bicyclic) bond motifs is 3. The quantitative estimate of drug-likeness (QED) is 0.141. The van der Waals surface area contributed by atoms with Gasteiger partial charge >= 0.3 is 5.97 Å². The molecule has 21 atom stereocenters. The first kappa shape index (κ1) is 52.4. The Morgan fingerprint density at radius 3 is 2.30 bits per heavy atom. The van der Waals surface area contributed by atoms with Gasteiger partial charge in [0, 0.05) is 56.6 Å². The van der Waals surface area contributed by atoms with Gasteiger partial charge in [-0.3, -0.25) is 0 Å². The van der Waals surface area contributed by atoms with Gasteiger partial charge in [0.05, 0.1) is 54.9 Å². The second-order valence-electron chi connectivity index (χ2n) is 20.2. The van der Waals surface area contributed by atoms with Crippen LogP contribution in [0.2, 0.25) is 0 Å². The number of hydrogen-bond donors (Lipinski definition) is 8. The van der Waals surface area contributed by atoms with Gasteiger partial charge in [-0.05, 0) is 83.6 Å². The van der Waals surface area contributed by atoms with Gasteiger partial charge in [0.1, 0.15) is 30.0 Å². The Morgan fingerprint density at radius 2 is 1.62 bits per heavy atom. The summed E-state index contributed by atoms with van der Waals surface area (Å²) in [6.07, 6.45) is -2.72. The predicted octanol–water partition coefficient (Wildman–Crippen LogP) is 3.16. The molecule has 0 radical (unpaired) electrons. The molecule has 16 heteroatoms. The second-order valence-corrected chi connectivity index (χ2v) is 20.2. The van der Waals surface area contributed by atoms with E-state index in [4.69, 9.17) is 33.2 Å². The number of ether oxygens (including phenoxy) is 7. The Hall–Kier alpha value is -1.61. The Morgan fingerprint density at radius 1 is 0.905 bits per heavy atom. The van der Waals surface area contributed by atoms with Crippen LogP contribution in [0.15, 0.2) is 24.3 Å². The van der Waals surface area contributed by atoms with Crippen molar-refractivity contribution in [2.24, 2.45) is 29.6 Å². The zero-order valence-electron chi connectivity index (χ0n) is 39.0. The molecule has 364 valence electrons. The van der Waals surface area contributed by atoms with Crippen LogP contribution in [0.5, 0.6) is 0 Å². The van der Waals surface area contributed by atoms with E-state index < -0.39 is 114 Å². The lowest BCUT2D eigenvalue weighted by molar-refractivity contribution is -0.362. The lowest BCUT2D eigenvalue weighted by Gasteiger charge is -2.53. The van der Waals surface area contributed by atoms with Gasteiger partial charge < -0.3 is 74.0 Å². The number of aliphatic hydroxyl groups excluding tert-OH is 5. The van der Waals surface area contributed by atoms with E-state index in [1.54, 1.807) is 6.92 Å². The molecule has 16 nitrogen and oxygen atoms in total. The van der Waals surface area contributed by atoms with Crippen LogP contribution in [0.25, 0.3) is 0 Å². The smallest absolute Gasteiger partial charge is 0.330 e. The molecular formula is C47H80O16. The van der Waals surface area contributed by atoms with Crippen molar-refractivity contribution in [1.82, 2.24) is 0 Å². The van der Waals surface area contributed by atoms with Crippen LogP contribution in [0.1, 0.15) is 126 Å². The number of aliphatic hydroxyl groups is 8. The van der Waals surface area contributed by atoms with Gasteiger partial charge in [-0.25, -0.2) is 4.79 Å². The second kappa shape index (κ2) is 21.6. The molecule has 4 saturated heterocycles. The fraction of sp³-hybridized carbons (Fsp3) is 0.894. The summed E-state index contributed by atoms with van der Waals surface area (Å²) in [7, 11) is 1.43. The summed E-state index contributed by atoms with van der Waals surface area (Å²) in [6.45, 7) is 14.0. The summed E-state index contributed by atoms with van der Waals surface area (Å²) in [4.78, 5) is 13.7. The van der Waals surface area contributed by atoms with Crippen LogP contribution in [-0.4, -0.2) is 157 Å². The fourth-order valence-electron chi connectivity index (χ4n) is 10.1. The first-order valence-electron chi connectivity index (χ1n) is 23.4. The summed E-state index contributed by atoms with van der Waals surface area (Å²) in [5, 5.41) is 92.3. The molecule has 0 aliphatic carbocycles. The summed E-state index contributed by atoms with van der Waals surface area (Å²) in [6, 6.07) is 0. The molecule has 0 amide bonds. The van der Waals surface area contributed by atoms with Crippen molar-refractivity contribution in [3.8, 4) is 0 Å². The van der Waals surface area contributed by atoms with Gasteiger partial charge in [-0.2, -0.15) is 0 Å². The Bertz CT molecular complexity index is 1520. The minimum Gasteiger partial charge on any atom is -0.459 e. The number of esters is 1. The minimum absolute atomic E-state index is 0.0294. The third-order valence-corrected chi connectivity index (χ3v) is 14.8. The summed E-state index contributed by atoms with van der Waals surface area (Å²) < 4.78 is 43.6. The van der Waals surface area contributed by atoms with E-state index in [9.17, 15) is 45.6 Å². The Kier molecular flexibility index (Phi) is 17.9. The van der Waals surface area contributed by atoms with Crippen LogP contribution < -0.4 is 0 Å². The number of carbonyl (C=O) groups excluding carboxylic acids is 1. The zero-order chi connectivity index (χ0) is 46.7. The van der Waals surface area contributed by atoms with E-state index >= 15 is 0 Å². The minimum atomic E-state index is -2.13. The van der Waals surface area contributed by atoms with E-state index in [1.165, 1.54) is 27.9 Å². The van der Waals surface area contributed by atoms with Gasteiger partial charge in [-0.1, -0.05) is 46.8 Å². The maximum Gasteiger partial charge on any atom is 0.330 e. The van der Waals surface area contributed by atoms with Crippen LogP contribution in [0.3, 0.4) is 0 Å². The van der Waals surface area contributed by atoms with E-state index in [-0.39, 0.29) is 43.6 Å². The molecule has 2 bridgehead atoms. The number of rotatable bonds is 6.